The molecule has 2 aliphatic rings. The monoisotopic (exact) mass is 264 g/mol. The molecule has 2 rings (SSSR count). The highest BCUT2D eigenvalue weighted by Crippen LogP contribution is 2.39. The SMILES string of the molecule is COCCN(C(C)C1CC1)C1CC(C)CCC1C#N. The maximum absolute atomic E-state index is 9.45. The van der Waals surface area contributed by atoms with Crippen LogP contribution >= 0.6 is 0 Å². The molecular weight excluding hydrogens is 236 g/mol. The van der Waals surface area contributed by atoms with Crippen molar-refractivity contribution < 1.29 is 4.74 Å². The van der Waals surface area contributed by atoms with Gasteiger partial charge in [0.15, 0.2) is 0 Å². The molecule has 4 atom stereocenters. The van der Waals surface area contributed by atoms with E-state index in [1.165, 1.54) is 25.7 Å². The zero-order valence-corrected chi connectivity index (χ0v) is 12.6. The zero-order valence-electron chi connectivity index (χ0n) is 12.6. The third kappa shape index (κ3) is 3.70. The van der Waals surface area contributed by atoms with Gasteiger partial charge in [0.2, 0.25) is 0 Å². The summed E-state index contributed by atoms with van der Waals surface area (Å²) < 4.78 is 5.28. The second kappa shape index (κ2) is 6.72. The summed E-state index contributed by atoms with van der Waals surface area (Å²) >= 11 is 0. The van der Waals surface area contributed by atoms with Crippen LogP contribution in [0.3, 0.4) is 0 Å². The van der Waals surface area contributed by atoms with E-state index < -0.39 is 0 Å². The quantitative estimate of drug-likeness (QED) is 0.740. The third-order valence-corrected chi connectivity index (χ3v) is 5.05. The highest BCUT2D eigenvalue weighted by molar-refractivity contribution is 4.99. The Morgan fingerprint density at radius 3 is 2.63 bits per heavy atom. The minimum absolute atomic E-state index is 0.217. The molecule has 0 aromatic heterocycles. The third-order valence-electron chi connectivity index (χ3n) is 5.05. The van der Waals surface area contributed by atoms with Gasteiger partial charge in [0, 0.05) is 25.7 Å². The molecule has 0 aromatic rings. The van der Waals surface area contributed by atoms with Crippen LogP contribution in [0.1, 0.15) is 46.0 Å². The smallest absolute Gasteiger partial charge is 0.0672 e. The van der Waals surface area contributed by atoms with E-state index >= 15 is 0 Å². The lowest BCUT2D eigenvalue weighted by atomic mass is 9.78. The molecule has 0 aliphatic heterocycles. The fourth-order valence-electron chi connectivity index (χ4n) is 3.59. The molecule has 0 radical (unpaired) electrons. The van der Waals surface area contributed by atoms with E-state index in [1.54, 1.807) is 7.11 Å². The largest absolute Gasteiger partial charge is 0.383 e. The molecule has 2 aliphatic carbocycles. The first-order chi connectivity index (χ1) is 9.17. The molecule has 0 heterocycles. The Morgan fingerprint density at radius 2 is 2.05 bits per heavy atom. The fourth-order valence-corrected chi connectivity index (χ4v) is 3.59. The number of rotatable bonds is 6. The van der Waals surface area contributed by atoms with E-state index in [4.69, 9.17) is 4.74 Å². The maximum atomic E-state index is 9.45. The number of ether oxygens (including phenoxy) is 1. The average Bonchev–Trinajstić information content (AvgIpc) is 3.23. The predicted octanol–water partition coefficient (Wildman–Crippen LogP) is 3.06. The van der Waals surface area contributed by atoms with Gasteiger partial charge in [0.25, 0.3) is 0 Å². The zero-order chi connectivity index (χ0) is 13.8. The van der Waals surface area contributed by atoms with E-state index in [0.29, 0.717) is 12.1 Å². The van der Waals surface area contributed by atoms with Gasteiger partial charge in [0.05, 0.1) is 18.6 Å². The minimum Gasteiger partial charge on any atom is -0.383 e. The molecule has 4 unspecified atom stereocenters. The number of methoxy groups -OCH3 is 1. The molecular formula is C16H28N2O. The highest BCUT2D eigenvalue weighted by Gasteiger charge is 2.39. The van der Waals surface area contributed by atoms with E-state index in [-0.39, 0.29) is 5.92 Å². The first-order valence-corrected chi connectivity index (χ1v) is 7.81. The summed E-state index contributed by atoms with van der Waals surface area (Å²) in [6, 6.07) is 3.62. The van der Waals surface area contributed by atoms with Crippen LogP contribution in [0, 0.1) is 29.1 Å². The second-order valence-electron chi connectivity index (χ2n) is 6.53. The van der Waals surface area contributed by atoms with Gasteiger partial charge in [-0.15, -0.1) is 0 Å². The van der Waals surface area contributed by atoms with Gasteiger partial charge in [-0.2, -0.15) is 5.26 Å². The molecule has 0 N–H and O–H groups in total. The molecule has 19 heavy (non-hydrogen) atoms. The van der Waals surface area contributed by atoms with Crippen LogP contribution in [0.5, 0.6) is 0 Å². The summed E-state index contributed by atoms with van der Waals surface area (Å²) in [5, 5.41) is 9.45. The molecule has 3 nitrogen and oxygen atoms in total. The van der Waals surface area contributed by atoms with Gasteiger partial charge in [-0.25, -0.2) is 0 Å². The molecule has 0 bridgehead atoms. The van der Waals surface area contributed by atoms with Crippen molar-refractivity contribution in [3.05, 3.63) is 0 Å². The fraction of sp³-hybridized carbons (Fsp3) is 0.938. The van der Waals surface area contributed by atoms with Gasteiger partial charge < -0.3 is 4.74 Å². The van der Waals surface area contributed by atoms with Gasteiger partial charge in [-0.1, -0.05) is 6.92 Å². The first kappa shape index (κ1) is 14.8. The molecule has 0 spiro atoms. The van der Waals surface area contributed by atoms with Crippen LogP contribution in [0.2, 0.25) is 0 Å². The number of hydrogen-bond acceptors (Lipinski definition) is 3. The molecule has 0 saturated heterocycles. The van der Waals surface area contributed by atoms with Crippen LogP contribution in [-0.4, -0.2) is 37.2 Å². The Kier molecular flexibility index (Phi) is 5.24. The van der Waals surface area contributed by atoms with Crippen LogP contribution in [0.25, 0.3) is 0 Å². The van der Waals surface area contributed by atoms with Crippen LogP contribution < -0.4 is 0 Å². The van der Waals surface area contributed by atoms with E-state index in [0.717, 1.165) is 31.4 Å². The lowest BCUT2D eigenvalue weighted by Gasteiger charge is -2.42. The van der Waals surface area contributed by atoms with Gasteiger partial charge in [-0.05, 0) is 50.9 Å². The van der Waals surface area contributed by atoms with Crippen molar-refractivity contribution in [2.45, 2.75) is 58.0 Å². The highest BCUT2D eigenvalue weighted by atomic mass is 16.5. The number of nitriles is 1. The Morgan fingerprint density at radius 1 is 1.32 bits per heavy atom. The molecule has 0 aromatic carbocycles. The predicted molar refractivity (Wildman–Crippen MR) is 76.7 cm³/mol. The Hall–Kier alpha value is -0.590. The maximum Gasteiger partial charge on any atom is 0.0672 e. The average molecular weight is 264 g/mol. The summed E-state index contributed by atoms with van der Waals surface area (Å²) in [5.41, 5.74) is 0. The van der Waals surface area contributed by atoms with Crippen molar-refractivity contribution in [1.82, 2.24) is 4.90 Å². The van der Waals surface area contributed by atoms with Crippen molar-refractivity contribution in [2.24, 2.45) is 17.8 Å². The molecule has 2 saturated carbocycles. The molecule has 3 heteroatoms. The lowest BCUT2D eigenvalue weighted by molar-refractivity contribution is 0.0383. The number of hydrogen-bond donors (Lipinski definition) is 0. The minimum atomic E-state index is 0.217. The normalized spacial score (nSPS) is 33.1. The Labute approximate surface area is 117 Å². The number of nitrogens with zero attached hydrogens (tertiary/aromatic N) is 2. The standard InChI is InChI=1S/C16H28N2O/c1-12-4-5-15(11-17)16(10-12)18(8-9-19-3)13(2)14-6-7-14/h12-16H,4-10H2,1-3H3. The summed E-state index contributed by atoms with van der Waals surface area (Å²) in [4.78, 5) is 2.59. The van der Waals surface area contributed by atoms with Crippen molar-refractivity contribution in [1.29, 1.82) is 5.26 Å². The molecule has 2 fully saturated rings. The van der Waals surface area contributed by atoms with Crippen molar-refractivity contribution >= 4 is 0 Å². The van der Waals surface area contributed by atoms with Crippen molar-refractivity contribution in [3.8, 4) is 6.07 Å². The topological polar surface area (TPSA) is 36.3 Å². The van der Waals surface area contributed by atoms with Gasteiger partial charge in [-0.3, -0.25) is 4.90 Å². The van der Waals surface area contributed by atoms with E-state index in [1.807, 2.05) is 0 Å². The Bertz CT molecular complexity index is 321. The van der Waals surface area contributed by atoms with Crippen LogP contribution in [0.15, 0.2) is 0 Å². The second-order valence-corrected chi connectivity index (χ2v) is 6.53. The Balaban J connectivity index is 2.07. The van der Waals surface area contributed by atoms with Crippen molar-refractivity contribution in [3.63, 3.8) is 0 Å². The van der Waals surface area contributed by atoms with E-state index in [9.17, 15) is 5.26 Å². The van der Waals surface area contributed by atoms with Gasteiger partial charge >= 0.3 is 0 Å². The molecule has 108 valence electrons. The summed E-state index contributed by atoms with van der Waals surface area (Å²) in [6.45, 7) is 6.43. The van der Waals surface area contributed by atoms with Gasteiger partial charge in [0.1, 0.15) is 0 Å². The van der Waals surface area contributed by atoms with Crippen LogP contribution in [0.4, 0.5) is 0 Å². The van der Waals surface area contributed by atoms with Crippen LogP contribution in [-0.2, 0) is 4.74 Å². The summed E-state index contributed by atoms with van der Waals surface area (Å²) in [5.74, 6) is 1.83. The van der Waals surface area contributed by atoms with E-state index in [2.05, 4.69) is 24.8 Å². The summed E-state index contributed by atoms with van der Waals surface area (Å²) in [7, 11) is 1.77. The first-order valence-electron chi connectivity index (χ1n) is 7.81. The summed E-state index contributed by atoms with van der Waals surface area (Å²) in [6.07, 6.45) is 6.20. The lowest BCUT2D eigenvalue weighted by Crippen LogP contribution is -2.50. The molecule has 0 amide bonds. The van der Waals surface area contributed by atoms with Crippen molar-refractivity contribution in [2.75, 3.05) is 20.3 Å².